The lowest BCUT2D eigenvalue weighted by molar-refractivity contribution is -0.138. The van der Waals surface area contributed by atoms with Crippen molar-refractivity contribution < 1.29 is 29.0 Å². The largest absolute Gasteiger partial charge is 0.490 e. The van der Waals surface area contributed by atoms with Crippen LogP contribution in [0.25, 0.3) is 16.6 Å². The SMILES string of the molecule is Cc1nc2ccc(S(F)(F)(F)(F)F)cc2c(=O)n1-c1ccc(OC2CCN(C(=O)C3CCCCC3)CC2)cc1. The molecule has 0 bridgehead atoms. The van der Waals surface area contributed by atoms with Gasteiger partial charge < -0.3 is 9.64 Å². The monoisotopic (exact) mass is 571 g/mol. The summed E-state index contributed by atoms with van der Waals surface area (Å²) in [7, 11) is -9.97. The van der Waals surface area contributed by atoms with E-state index in [2.05, 4.69) is 4.98 Å². The number of rotatable bonds is 5. The van der Waals surface area contributed by atoms with Crippen molar-refractivity contribution in [2.24, 2.45) is 5.92 Å². The Labute approximate surface area is 222 Å². The maximum Gasteiger partial charge on any atom is 0.310 e. The molecule has 0 unspecified atom stereocenters. The van der Waals surface area contributed by atoms with Crippen molar-refractivity contribution in [1.82, 2.24) is 14.5 Å². The molecule has 0 spiro atoms. The summed E-state index contributed by atoms with van der Waals surface area (Å²) in [5, 5.41) is -0.554. The third kappa shape index (κ3) is 5.90. The summed E-state index contributed by atoms with van der Waals surface area (Å²) in [6.45, 7) is 2.78. The van der Waals surface area contributed by atoms with Gasteiger partial charge in [0.15, 0.2) is 0 Å². The number of carbonyl (C=O) groups is 1. The van der Waals surface area contributed by atoms with Crippen molar-refractivity contribution in [3.05, 3.63) is 58.6 Å². The van der Waals surface area contributed by atoms with Gasteiger partial charge in [0.05, 0.1) is 16.6 Å². The van der Waals surface area contributed by atoms with Gasteiger partial charge in [-0.25, -0.2) is 4.98 Å². The zero-order valence-corrected chi connectivity index (χ0v) is 22.2. The Morgan fingerprint density at radius 3 is 2.18 bits per heavy atom. The van der Waals surface area contributed by atoms with Gasteiger partial charge in [0.1, 0.15) is 22.6 Å². The highest BCUT2D eigenvalue weighted by Crippen LogP contribution is 3.02. The molecule has 2 aliphatic rings. The molecule has 39 heavy (non-hydrogen) atoms. The summed E-state index contributed by atoms with van der Waals surface area (Å²) in [5.41, 5.74) is -0.678. The van der Waals surface area contributed by atoms with Gasteiger partial charge in [-0.2, -0.15) is 0 Å². The third-order valence-corrected chi connectivity index (χ3v) is 8.70. The van der Waals surface area contributed by atoms with Crippen molar-refractivity contribution in [3.8, 4) is 11.4 Å². The number of hydrogen-bond donors (Lipinski definition) is 0. The molecule has 0 atom stereocenters. The van der Waals surface area contributed by atoms with Gasteiger partial charge in [0.25, 0.3) is 5.56 Å². The molecule has 6 nitrogen and oxygen atoms in total. The van der Waals surface area contributed by atoms with Crippen LogP contribution in [0.4, 0.5) is 19.4 Å². The maximum atomic E-state index is 13.3. The molecule has 0 N–H and O–H groups in total. The number of amides is 1. The molecular weight excluding hydrogens is 541 g/mol. The standard InChI is InChI=1S/C27H30F5N3O3S/c1-18-33-25-12-11-23(39(28,29,30,31)32)17-24(25)27(37)35(18)20-7-9-21(10-8-20)38-22-13-15-34(16-14-22)26(36)19-5-3-2-4-6-19/h7-12,17,19,22H,2-6,13-16H2,1H3. The van der Waals surface area contributed by atoms with Crippen molar-refractivity contribution in [1.29, 1.82) is 0 Å². The number of aromatic nitrogens is 2. The molecule has 1 amide bonds. The lowest BCUT2D eigenvalue weighted by Gasteiger charge is -2.40. The average molecular weight is 572 g/mol. The van der Waals surface area contributed by atoms with E-state index in [4.69, 9.17) is 4.74 Å². The molecule has 1 aromatic heterocycles. The number of likely N-dealkylation sites (tertiary alicyclic amines) is 1. The number of fused-ring (bicyclic) bond motifs is 1. The second-order valence-electron chi connectivity index (χ2n) is 10.4. The third-order valence-electron chi connectivity index (χ3n) is 7.56. The molecule has 0 radical (unpaired) electrons. The van der Waals surface area contributed by atoms with Gasteiger partial charge in [0, 0.05) is 31.8 Å². The zero-order valence-electron chi connectivity index (χ0n) is 21.4. The normalized spacial score (nSPS) is 19.5. The van der Waals surface area contributed by atoms with E-state index in [1.54, 1.807) is 24.3 Å². The van der Waals surface area contributed by atoms with E-state index in [1.165, 1.54) is 13.3 Å². The first-order chi connectivity index (χ1) is 18.2. The Morgan fingerprint density at radius 2 is 1.56 bits per heavy atom. The van der Waals surface area contributed by atoms with E-state index in [-0.39, 0.29) is 41.4 Å². The van der Waals surface area contributed by atoms with Gasteiger partial charge in [0.2, 0.25) is 5.91 Å². The van der Waals surface area contributed by atoms with E-state index in [1.807, 2.05) is 4.90 Å². The summed E-state index contributed by atoms with van der Waals surface area (Å²) in [6.07, 6.45) is 6.66. The first kappa shape index (κ1) is 27.4. The Morgan fingerprint density at radius 1 is 0.923 bits per heavy atom. The number of halogens is 5. The molecule has 1 saturated carbocycles. The summed E-state index contributed by atoms with van der Waals surface area (Å²) < 4.78 is 73.8. The number of aryl methyl sites for hydroxylation is 1. The van der Waals surface area contributed by atoms with Crippen LogP contribution in [0.5, 0.6) is 5.75 Å². The topological polar surface area (TPSA) is 64.4 Å². The first-order valence-electron chi connectivity index (χ1n) is 13.0. The minimum Gasteiger partial charge on any atom is -0.490 e. The van der Waals surface area contributed by atoms with Crippen LogP contribution in [0.2, 0.25) is 0 Å². The smallest absolute Gasteiger partial charge is 0.310 e. The average Bonchev–Trinajstić information content (AvgIpc) is 2.88. The number of ether oxygens (including phenoxy) is 1. The Balaban J connectivity index is 1.30. The highest BCUT2D eigenvalue weighted by atomic mass is 32.5. The molecule has 1 aliphatic carbocycles. The second-order valence-corrected chi connectivity index (χ2v) is 12.8. The number of carbonyl (C=O) groups excluding carboxylic acids is 1. The van der Waals surface area contributed by atoms with Crippen molar-refractivity contribution in [2.45, 2.75) is 62.9 Å². The highest BCUT2D eigenvalue weighted by molar-refractivity contribution is 8.45. The van der Waals surface area contributed by atoms with Gasteiger partial charge in [-0.15, -0.1) is 0 Å². The van der Waals surface area contributed by atoms with Crippen molar-refractivity contribution in [2.75, 3.05) is 13.1 Å². The molecule has 12 heteroatoms. The number of benzene rings is 2. The van der Waals surface area contributed by atoms with Crippen LogP contribution in [-0.2, 0) is 4.79 Å². The number of hydrogen-bond acceptors (Lipinski definition) is 4. The summed E-state index contributed by atoms with van der Waals surface area (Å²) in [5.74, 6) is 1.11. The van der Waals surface area contributed by atoms with E-state index in [9.17, 15) is 29.0 Å². The van der Waals surface area contributed by atoms with E-state index in [0.29, 0.717) is 37.4 Å². The minimum absolute atomic E-state index is 0.0802. The fraction of sp³-hybridized carbons (Fsp3) is 0.444. The highest BCUT2D eigenvalue weighted by Gasteiger charge is 2.65. The van der Waals surface area contributed by atoms with Crippen LogP contribution in [0.1, 0.15) is 50.8 Å². The molecule has 1 aliphatic heterocycles. The maximum absolute atomic E-state index is 13.3. The van der Waals surface area contributed by atoms with Crippen LogP contribution < -0.4 is 10.3 Å². The summed E-state index contributed by atoms with van der Waals surface area (Å²) in [4.78, 5) is 29.8. The van der Waals surface area contributed by atoms with Crippen molar-refractivity contribution in [3.63, 3.8) is 0 Å². The molecule has 2 heterocycles. The van der Waals surface area contributed by atoms with Crippen molar-refractivity contribution >= 4 is 27.0 Å². The Bertz CT molecular complexity index is 1460. The summed E-state index contributed by atoms with van der Waals surface area (Å²) >= 11 is 0. The number of piperidine rings is 1. The Hall–Kier alpha value is -3.15. The molecule has 2 fully saturated rings. The van der Waals surface area contributed by atoms with Gasteiger partial charge in [-0.3, -0.25) is 14.2 Å². The van der Waals surface area contributed by atoms with Crippen LogP contribution in [0, 0.1) is 12.8 Å². The minimum atomic E-state index is -9.97. The molecule has 212 valence electrons. The number of nitrogens with zero attached hydrogens (tertiary/aromatic N) is 3. The predicted molar refractivity (Wildman–Crippen MR) is 140 cm³/mol. The van der Waals surface area contributed by atoms with E-state index < -0.39 is 26.1 Å². The Kier molecular flexibility index (Phi) is 6.47. The van der Waals surface area contributed by atoms with Crippen LogP contribution >= 0.6 is 10.2 Å². The quantitative estimate of drug-likeness (QED) is 0.302. The molecule has 1 saturated heterocycles. The van der Waals surface area contributed by atoms with Crippen LogP contribution in [-0.4, -0.2) is 39.6 Å². The predicted octanol–water partition coefficient (Wildman–Crippen LogP) is 7.30. The van der Waals surface area contributed by atoms with E-state index >= 15 is 0 Å². The molecular formula is C27H30F5N3O3S. The van der Waals surface area contributed by atoms with Gasteiger partial charge in [-0.1, -0.05) is 38.7 Å². The van der Waals surface area contributed by atoms with Crippen LogP contribution in [0.3, 0.4) is 0 Å². The lowest BCUT2D eigenvalue weighted by Crippen LogP contribution is -2.44. The fourth-order valence-electron chi connectivity index (χ4n) is 5.49. The summed E-state index contributed by atoms with van der Waals surface area (Å²) in [6, 6.07) is 7.60. The second kappa shape index (κ2) is 9.21. The molecule has 5 rings (SSSR count). The molecule has 3 aromatic rings. The van der Waals surface area contributed by atoms with Gasteiger partial charge >= 0.3 is 10.2 Å². The lowest BCUT2D eigenvalue weighted by atomic mass is 9.88. The van der Waals surface area contributed by atoms with Gasteiger partial charge in [-0.05, 0) is 62.2 Å². The fourth-order valence-corrected chi connectivity index (χ4v) is 6.15. The zero-order chi connectivity index (χ0) is 28.1. The molecule has 2 aromatic carbocycles. The first-order valence-corrected chi connectivity index (χ1v) is 15.0. The van der Waals surface area contributed by atoms with Crippen LogP contribution in [0.15, 0.2) is 52.2 Å². The van der Waals surface area contributed by atoms with E-state index in [0.717, 1.165) is 36.3 Å².